The van der Waals surface area contributed by atoms with Gasteiger partial charge in [-0.1, -0.05) is 29.8 Å². The van der Waals surface area contributed by atoms with Crippen LogP contribution in [-0.2, 0) is 14.3 Å². The van der Waals surface area contributed by atoms with Crippen LogP contribution in [-0.4, -0.2) is 48.9 Å². The Bertz CT molecular complexity index is 840. The zero-order valence-corrected chi connectivity index (χ0v) is 16.2. The lowest BCUT2D eigenvalue weighted by atomic mass is 10.1. The van der Waals surface area contributed by atoms with Crippen LogP contribution in [0.4, 0.5) is 0 Å². The largest absolute Gasteiger partial charge is 0.451 e. The molecule has 1 aliphatic rings. The van der Waals surface area contributed by atoms with E-state index in [1.807, 2.05) is 42.6 Å². The monoisotopic (exact) mass is 386 g/mol. The second-order valence-electron chi connectivity index (χ2n) is 6.70. The van der Waals surface area contributed by atoms with Crippen LogP contribution in [0.2, 0.25) is 0 Å². The molecule has 2 amide bonds. The first kappa shape index (κ1) is 19.1. The van der Waals surface area contributed by atoms with Crippen LogP contribution in [0.15, 0.2) is 35.7 Å². The van der Waals surface area contributed by atoms with Crippen LogP contribution in [0.25, 0.3) is 11.1 Å². The number of aryl methyl sites for hydroxylation is 1. The number of benzene rings is 1. The van der Waals surface area contributed by atoms with E-state index in [4.69, 9.17) is 4.74 Å². The molecule has 1 saturated carbocycles. The van der Waals surface area contributed by atoms with E-state index >= 15 is 0 Å². The summed E-state index contributed by atoms with van der Waals surface area (Å²) in [7, 11) is 1.52. The summed E-state index contributed by atoms with van der Waals surface area (Å²) in [6.45, 7) is 1.57. The number of hydrogen-bond donors (Lipinski definition) is 1. The number of carbonyl (C=O) groups excluding carboxylic acids is 3. The van der Waals surface area contributed by atoms with Crippen molar-refractivity contribution in [3.8, 4) is 11.1 Å². The van der Waals surface area contributed by atoms with Gasteiger partial charge in [-0.25, -0.2) is 4.79 Å². The third-order valence-electron chi connectivity index (χ3n) is 4.29. The lowest BCUT2D eigenvalue weighted by molar-refractivity contribution is -0.137. The number of amides is 2. The lowest BCUT2D eigenvalue weighted by Gasteiger charge is -2.16. The van der Waals surface area contributed by atoms with Crippen molar-refractivity contribution in [1.29, 1.82) is 0 Å². The summed E-state index contributed by atoms with van der Waals surface area (Å²) in [5.74, 6) is -1.15. The Balaban J connectivity index is 1.54. The van der Waals surface area contributed by atoms with Gasteiger partial charge in [-0.15, -0.1) is 11.3 Å². The number of esters is 1. The second kappa shape index (κ2) is 8.35. The number of thiophene rings is 1. The number of hydrogen-bond acceptors (Lipinski definition) is 5. The molecule has 1 N–H and O–H groups in total. The zero-order valence-electron chi connectivity index (χ0n) is 15.4. The van der Waals surface area contributed by atoms with Crippen LogP contribution >= 0.6 is 11.3 Å². The first-order valence-corrected chi connectivity index (χ1v) is 9.67. The Kier molecular flexibility index (Phi) is 5.91. The van der Waals surface area contributed by atoms with Crippen LogP contribution in [0.1, 0.15) is 28.1 Å². The molecule has 7 heteroatoms. The highest BCUT2D eigenvalue weighted by Crippen LogP contribution is 2.29. The van der Waals surface area contributed by atoms with E-state index in [9.17, 15) is 14.4 Å². The maximum Gasteiger partial charge on any atom is 0.349 e. The summed E-state index contributed by atoms with van der Waals surface area (Å²) < 4.78 is 5.18. The van der Waals surface area contributed by atoms with Crippen molar-refractivity contribution in [3.05, 3.63) is 46.2 Å². The molecule has 2 aromatic rings. The molecule has 1 aromatic heterocycles. The van der Waals surface area contributed by atoms with Gasteiger partial charge in [-0.2, -0.15) is 0 Å². The molecule has 0 atom stereocenters. The summed E-state index contributed by atoms with van der Waals surface area (Å²) in [6, 6.07) is 9.97. The highest BCUT2D eigenvalue weighted by Gasteiger charge is 2.25. The topological polar surface area (TPSA) is 75.7 Å². The van der Waals surface area contributed by atoms with E-state index in [0.717, 1.165) is 29.5 Å². The molecule has 1 aliphatic carbocycles. The van der Waals surface area contributed by atoms with Gasteiger partial charge in [-0.05, 0) is 36.8 Å². The smallest absolute Gasteiger partial charge is 0.349 e. The van der Waals surface area contributed by atoms with E-state index in [1.54, 1.807) is 0 Å². The molecule has 1 heterocycles. The predicted molar refractivity (Wildman–Crippen MR) is 104 cm³/mol. The summed E-state index contributed by atoms with van der Waals surface area (Å²) in [4.78, 5) is 38.0. The third kappa shape index (κ3) is 5.17. The Morgan fingerprint density at radius 3 is 2.56 bits per heavy atom. The Morgan fingerprint density at radius 1 is 1.19 bits per heavy atom. The van der Waals surface area contributed by atoms with Gasteiger partial charge in [-0.3, -0.25) is 9.59 Å². The molecule has 142 valence electrons. The predicted octanol–water partition coefficient (Wildman–Crippen LogP) is 2.62. The van der Waals surface area contributed by atoms with Crippen LogP contribution in [0.5, 0.6) is 0 Å². The number of ether oxygens (including phenoxy) is 1. The fraction of sp³-hybridized carbons (Fsp3) is 0.350. The van der Waals surface area contributed by atoms with Gasteiger partial charge < -0.3 is 15.0 Å². The standard InChI is InChI=1S/C20H22N2O4S/c1-13-3-5-14(6-4-13)16-9-10-27-19(16)20(25)26-12-18(24)22(2)11-17(23)21-15-7-8-15/h3-6,9-10,15H,7-8,11-12H2,1-2H3,(H,21,23). The maximum atomic E-state index is 12.4. The van der Waals surface area contributed by atoms with Crippen LogP contribution in [0, 0.1) is 6.92 Å². The number of carbonyl (C=O) groups is 3. The fourth-order valence-electron chi connectivity index (χ4n) is 2.54. The quantitative estimate of drug-likeness (QED) is 0.742. The van der Waals surface area contributed by atoms with E-state index in [2.05, 4.69) is 5.32 Å². The summed E-state index contributed by atoms with van der Waals surface area (Å²) >= 11 is 1.28. The van der Waals surface area contributed by atoms with Gasteiger partial charge in [0.25, 0.3) is 5.91 Å². The van der Waals surface area contributed by atoms with Crippen molar-refractivity contribution in [2.75, 3.05) is 20.2 Å². The first-order valence-electron chi connectivity index (χ1n) is 8.79. The van der Waals surface area contributed by atoms with Gasteiger partial charge in [0.1, 0.15) is 4.88 Å². The van der Waals surface area contributed by atoms with Crippen molar-refractivity contribution in [3.63, 3.8) is 0 Å². The van der Waals surface area contributed by atoms with E-state index in [-0.39, 0.29) is 18.5 Å². The summed E-state index contributed by atoms with van der Waals surface area (Å²) in [5.41, 5.74) is 2.85. The summed E-state index contributed by atoms with van der Waals surface area (Å²) in [5, 5.41) is 4.64. The Hall–Kier alpha value is -2.67. The van der Waals surface area contributed by atoms with Crippen molar-refractivity contribution in [2.45, 2.75) is 25.8 Å². The zero-order chi connectivity index (χ0) is 19.4. The molecular formula is C20H22N2O4S. The number of rotatable bonds is 7. The average molecular weight is 386 g/mol. The minimum atomic E-state index is -0.537. The minimum Gasteiger partial charge on any atom is -0.451 e. The van der Waals surface area contributed by atoms with Gasteiger partial charge in [0.15, 0.2) is 6.61 Å². The molecule has 0 unspecified atom stereocenters. The molecule has 0 aliphatic heterocycles. The number of likely N-dealkylation sites (N-methyl/N-ethyl adjacent to an activating group) is 1. The van der Waals surface area contributed by atoms with Gasteiger partial charge in [0.05, 0.1) is 6.54 Å². The summed E-state index contributed by atoms with van der Waals surface area (Å²) in [6.07, 6.45) is 1.98. The highest BCUT2D eigenvalue weighted by atomic mass is 32.1. The second-order valence-corrected chi connectivity index (χ2v) is 7.61. The first-order chi connectivity index (χ1) is 12.9. The molecule has 1 aromatic carbocycles. The lowest BCUT2D eigenvalue weighted by Crippen LogP contribution is -2.40. The average Bonchev–Trinajstić information content (AvgIpc) is 3.31. The van der Waals surface area contributed by atoms with Gasteiger partial charge in [0, 0.05) is 18.7 Å². The molecule has 0 radical (unpaired) electrons. The molecule has 1 fully saturated rings. The molecule has 6 nitrogen and oxygen atoms in total. The van der Waals surface area contributed by atoms with Gasteiger partial charge >= 0.3 is 5.97 Å². The molecular weight excluding hydrogens is 364 g/mol. The van der Waals surface area contributed by atoms with Crippen molar-refractivity contribution in [2.24, 2.45) is 0 Å². The third-order valence-corrected chi connectivity index (χ3v) is 5.18. The Labute approximate surface area is 162 Å². The van der Waals surface area contributed by atoms with Crippen molar-refractivity contribution >= 4 is 29.1 Å². The number of nitrogens with zero attached hydrogens (tertiary/aromatic N) is 1. The van der Waals surface area contributed by atoms with Crippen LogP contribution in [0.3, 0.4) is 0 Å². The molecule has 0 saturated heterocycles. The minimum absolute atomic E-state index is 0.0412. The normalized spacial score (nSPS) is 13.1. The molecule has 27 heavy (non-hydrogen) atoms. The number of nitrogens with one attached hydrogen (secondary N) is 1. The Morgan fingerprint density at radius 2 is 1.89 bits per heavy atom. The molecule has 0 spiro atoms. The van der Waals surface area contributed by atoms with E-state index in [1.165, 1.54) is 23.3 Å². The fourth-order valence-corrected chi connectivity index (χ4v) is 3.34. The molecule has 0 bridgehead atoms. The van der Waals surface area contributed by atoms with E-state index in [0.29, 0.717) is 4.88 Å². The SMILES string of the molecule is Cc1ccc(-c2ccsc2C(=O)OCC(=O)N(C)CC(=O)NC2CC2)cc1. The highest BCUT2D eigenvalue weighted by molar-refractivity contribution is 7.12. The van der Waals surface area contributed by atoms with Gasteiger partial charge in [0.2, 0.25) is 5.91 Å². The van der Waals surface area contributed by atoms with E-state index < -0.39 is 18.5 Å². The van der Waals surface area contributed by atoms with Crippen molar-refractivity contribution < 1.29 is 19.1 Å². The maximum absolute atomic E-state index is 12.4. The van der Waals surface area contributed by atoms with Crippen LogP contribution < -0.4 is 5.32 Å². The molecule has 3 rings (SSSR count). The van der Waals surface area contributed by atoms with Crippen molar-refractivity contribution in [1.82, 2.24) is 10.2 Å².